The average molecular weight is 330 g/mol. The molecule has 1 N–H and O–H groups in total. The summed E-state index contributed by atoms with van der Waals surface area (Å²) in [5.41, 5.74) is 4.04. The van der Waals surface area contributed by atoms with Gasteiger partial charge >= 0.3 is 0 Å². The van der Waals surface area contributed by atoms with E-state index in [1.807, 2.05) is 24.3 Å². The molecule has 0 unspecified atom stereocenters. The van der Waals surface area contributed by atoms with Gasteiger partial charge in [-0.1, -0.05) is 12.1 Å². The maximum atomic E-state index is 12.8. The molecule has 0 spiro atoms. The SMILES string of the molecule is O=C(Cc1ccc(-n2cnnn2)cc1)N/N=C/c1ccc(F)s1. The third-order valence-electron chi connectivity index (χ3n) is 2.89. The molecule has 0 aliphatic carbocycles. The first kappa shape index (κ1) is 15.0. The van der Waals surface area contributed by atoms with Crippen molar-refractivity contribution in [3.05, 3.63) is 58.3 Å². The quantitative estimate of drug-likeness (QED) is 0.568. The average Bonchev–Trinajstić information content (AvgIpc) is 3.20. The molecule has 0 aliphatic heterocycles. The van der Waals surface area contributed by atoms with Crippen LogP contribution in [0.2, 0.25) is 0 Å². The Kier molecular flexibility index (Phi) is 4.48. The Hall–Kier alpha value is -2.94. The van der Waals surface area contributed by atoms with Gasteiger partial charge in [0.25, 0.3) is 0 Å². The fraction of sp³-hybridized carbons (Fsp3) is 0.0714. The Morgan fingerprint density at radius 2 is 2.13 bits per heavy atom. The molecular formula is C14H11FN6OS. The number of nitrogens with zero attached hydrogens (tertiary/aromatic N) is 5. The predicted molar refractivity (Wildman–Crippen MR) is 82.9 cm³/mol. The molecule has 0 bridgehead atoms. The van der Waals surface area contributed by atoms with Gasteiger partial charge in [0, 0.05) is 0 Å². The number of hydrogen-bond acceptors (Lipinski definition) is 6. The highest BCUT2D eigenvalue weighted by Gasteiger charge is 2.04. The van der Waals surface area contributed by atoms with Gasteiger partial charge in [0.15, 0.2) is 5.13 Å². The summed E-state index contributed by atoms with van der Waals surface area (Å²) >= 11 is 0.958. The highest BCUT2D eigenvalue weighted by atomic mass is 32.1. The van der Waals surface area contributed by atoms with Crippen LogP contribution in [0.5, 0.6) is 0 Å². The van der Waals surface area contributed by atoms with E-state index < -0.39 is 0 Å². The number of thiophene rings is 1. The van der Waals surface area contributed by atoms with Crippen LogP contribution in [0.1, 0.15) is 10.4 Å². The molecule has 0 saturated heterocycles. The zero-order valence-electron chi connectivity index (χ0n) is 11.8. The first-order valence-corrected chi connectivity index (χ1v) is 7.42. The predicted octanol–water partition coefficient (Wildman–Crippen LogP) is 1.56. The zero-order chi connectivity index (χ0) is 16.1. The van der Waals surface area contributed by atoms with Crippen LogP contribution in [-0.4, -0.2) is 32.3 Å². The van der Waals surface area contributed by atoms with E-state index in [2.05, 4.69) is 26.1 Å². The van der Waals surface area contributed by atoms with Crippen molar-refractivity contribution in [3.8, 4) is 5.69 Å². The Morgan fingerprint density at radius 3 is 2.78 bits per heavy atom. The molecule has 116 valence electrons. The summed E-state index contributed by atoms with van der Waals surface area (Å²) in [6, 6.07) is 10.2. The lowest BCUT2D eigenvalue weighted by Gasteiger charge is -2.02. The third-order valence-corrected chi connectivity index (χ3v) is 3.70. The summed E-state index contributed by atoms with van der Waals surface area (Å²) in [5, 5.41) is 14.4. The molecule has 0 aliphatic rings. The Morgan fingerprint density at radius 1 is 1.30 bits per heavy atom. The summed E-state index contributed by atoms with van der Waals surface area (Å²) in [5.74, 6) is -0.256. The number of benzene rings is 1. The summed E-state index contributed by atoms with van der Waals surface area (Å²) < 4.78 is 14.3. The number of aromatic nitrogens is 4. The Bertz CT molecular complexity index is 812. The molecular weight excluding hydrogens is 319 g/mol. The minimum atomic E-state index is -0.291. The van der Waals surface area contributed by atoms with Crippen LogP contribution < -0.4 is 5.43 Å². The topological polar surface area (TPSA) is 85.1 Å². The normalized spacial score (nSPS) is 11.0. The molecule has 3 aromatic rings. The lowest BCUT2D eigenvalue weighted by atomic mass is 10.1. The van der Waals surface area contributed by atoms with Gasteiger partial charge in [-0.3, -0.25) is 4.79 Å². The Labute approximate surface area is 134 Å². The molecule has 3 rings (SSSR count). The van der Waals surface area contributed by atoms with Crippen molar-refractivity contribution in [1.82, 2.24) is 25.6 Å². The lowest BCUT2D eigenvalue weighted by molar-refractivity contribution is -0.120. The largest absolute Gasteiger partial charge is 0.273 e. The van der Waals surface area contributed by atoms with Gasteiger partial charge in [-0.25, -0.2) is 10.1 Å². The van der Waals surface area contributed by atoms with E-state index in [4.69, 9.17) is 0 Å². The van der Waals surface area contributed by atoms with Crippen LogP contribution in [0.15, 0.2) is 47.8 Å². The van der Waals surface area contributed by atoms with Gasteiger partial charge in [0.2, 0.25) is 5.91 Å². The van der Waals surface area contributed by atoms with Gasteiger partial charge in [-0.2, -0.15) is 9.49 Å². The number of halogens is 1. The van der Waals surface area contributed by atoms with E-state index in [9.17, 15) is 9.18 Å². The summed E-state index contributed by atoms with van der Waals surface area (Å²) in [4.78, 5) is 12.4. The van der Waals surface area contributed by atoms with Crippen molar-refractivity contribution in [2.45, 2.75) is 6.42 Å². The molecule has 1 aromatic carbocycles. The molecule has 2 heterocycles. The van der Waals surface area contributed by atoms with E-state index in [-0.39, 0.29) is 17.5 Å². The molecule has 0 saturated carbocycles. The molecule has 0 radical (unpaired) electrons. The van der Waals surface area contributed by atoms with Crippen molar-refractivity contribution in [3.63, 3.8) is 0 Å². The summed E-state index contributed by atoms with van der Waals surface area (Å²) in [6.07, 6.45) is 3.09. The maximum Gasteiger partial charge on any atom is 0.244 e. The molecule has 9 heteroatoms. The fourth-order valence-electron chi connectivity index (χ4n) is 1.84. The first-order valence-electron chi connectivity index (χ1n) is 6.60. The van der Waals surface area contributed by atoms with Gasteiger partial charge in [-0.05, 0) is 40.3 Å². The van der Waals surface area contributed by atoms with Crippen molar-refractivity contribution in [2.24, 2.45) is 5.10 Å². The van der Waals surface area contributed by atoms with E-state index in [1.165, 1.54) is 23.3 Å². The number of tetrazole rings is 1. The molecule has 0 fully saturated rings. The van der Waals surface area contributed by atoms with Gasteiger partial charge in [0.05, 0.1) is 23.2 Å². The second kappa shape index (κ2) is 6.88. The monoisotopic (exact) mass is 330 g/mol. The molecule has 1 amide bonds. The number of carbonyl (C=O) groups excluding carboxylic acids is 1. The van der Waals surface area contributed by atoms with Crippen LogP contribution in [0.25, 0.3) is 5.69 Å². The zero-order valence-corrected chi connectivity index (χ0v) is 12.6. The van der Waals surface area contributed by atoms with E-state index >= 15 is 0 Å². The highest BCUT2D eigenvalue weighted by molar-refractivity contribution is 7.12. The van der Waals surface area contributed by atoms with E-state index in [1.54, 1.807) is 6.07 Å². The maximum absolute atomic E-state index is 12.8. The van der Waals surface area contributed by atoms with Crippen LogP contribution in [-0.2, 0) is 11.2 Å². The Balaban J connectivity index is 1.54. The third kappa shape index (κ3) is 4.04. The number of rotatable bonds is 5. The molecule has 7 nitrogen and oxygen atoms in total. The van der Waals surface area contributed by atoms with Crippen LogP contribution in [0, 0.1) is 5.13 Å². The van der Waals surface area contributed by atoms with Crippen molar-refractivity contribution in [2.75, 3.05) is 0 Å². The second-order valence-corrected chi connectivity index (χ2v) is 5.60. The van der Waals surface area contributed by atoms with Gasteiger partial charge in [0.1, 0.15) is 6.33 Å². The number of nitrogens with one attached hydrogen (secondary N) is 1. The lowest BCUT2D eigenvalue weighted by Crippen LogP contribution is -2.19. The van der Waals surface area contributed by atoms with Gasteiger partial charge in [-0.15, -0.1) is 16.4 Å². The standard InChI is InChI=1S/C14H11FN6OS/c15-13-6-5-12(23-13)8-16-18-14(22)7-10-1-3-11(4-2-10)21-9-17-19-20-21/h1-6,8-9H,7H2,(H,18,22)/b16-8+. The minimum absolute atomic E-state index is 0.187. The highest BCUT2D eigenvalue weighted by Crippen LogP contribution is 2.11. The van der Waals surface area contributed by atoms with Gasteiger partial charge < -0.3 is 0 Å². The molecule has 0 atom stereocenters. The fourth-order valence-corrected chi connectivity index (χ4v) is 2.44. The smallest absolute Gasteiger partial charge is 0.244 e. The summed E-state index contributed by atoms with van der Waals surface area (Å²) in [6.45, 7) is 0. The van der Waals surface area contributed by atoms with E-state index in [0.29, 0.717) is 4.88 Å². The number of amides is 1. The molecule has 23 heavy (non-hydrogen) atoms. The van der Waals surface area contributed by atoms with Crippen molar-refractivity contribution < 1.29 is 9.18 Å². The van der Waals surface area contributed by atoms with Crippen LogP contribution >= 0.6 is 11.3 Å². The number of hydrogen-bond donors (Lipinski definition) is 1. The van der Waals surface area contributed by atoms with E-state index in [0.717, 1.165) is 22.6 Å². The molecule has 2 aromatic heterocycles. The first-order chi connectivity index (χ1) is 11.2. The van der Waals surface area contributed by atoms with Crippen LogP contribution in [0.4, 0.5) is 4.39 Å². The minimum Gasteiger partial charge on any atom is -0.273 e. The number of carbonyl (C=O) groups is 1. The summed E-state index contributed by atoms with van der Waals surface area (Å²) in [7, 11) is 0. The van der Waals surface area contributed by atoms with Crippen molar-refractivity contribution in [1.29, 1.82) is 0 Å². The van der Waals surface area contributed by atoms with Crippen LogP contribution in [0.3, 0.4) is 0 Å². The van der Waals surface area contributed by atoms with Crippen molar-refractivity contribution >= 4 is 23.5 Å². The number of hydrazone groups is 1. The second-order valence-electron chi connectivity index (χ2n) is 4.53.